The van der Waals surface area contributed by atoms with Crippen molar-refractivity contribution in [3.63, 3.8) is 0 Å². The molecule has 3 saturated carbocycles. The highest BCUT2D eigenvalue weighted by atomic mass is 16.7. The van der Waals surface area contributed by atoms with E-state index in [1.165, 1.54) is 69.8 Å². The van der Waals surface area contributed by atoms with E-state index in [0.717, 1.165) is 74.5 Å². The Morgan fingerprint density at radius 2 is 1.65 bits per heavy atom. The van der Waals surface area contributed by atoms with Crippen LogP contribution in [0.5, 0.6) is 0 Å². The molecule has 1 aliphatic heterocycles. The lowest BCUT2D eigenvalue weighted by Gasteiger charge is -2.58. The molecule has 0 bridgehead atoms. The maximum Gasteiger partial charge on any atom is 0.305 e. The van der Waals surface area contributed by atoms with Crippen LogP contribution in [-0.4, -0.2) is 64.7 Å². The van der Waals surface area contributed by atoms with Crippen molar-refractivity contribution in [3.8, 4) is 0 Å². The van der Waals surface area contributed by atoms with Gasteiger partial charge >= 0.3 is 5.97 Å². The van der Waals surface area contributed by atoms with Gasteiger partial charge in [0.1, 0.15) is 31.0 Å². The van der Waals surface area contributed by atoms with E-state index in [1.807, 2.05) is 0 Å². The first-order valence-electron chi connectivity index (χ1n) is 20.6. The fraction of sp³-hybridized carbons (Fsp3) is 0.929. The van der Waals surface area contributed by atoms with Crippen LogP contribution in [0, 0.1) is 46.3 Å². The molecular weight excluding hydrogens is 616 g/mol. The molecule has 7 nitrogen and oxygen atoms in total. The predicted molar refractivity (Wildman–Crippen MR) is 194 cm³/mol. The van der Waals surface area contributed by atoms with Crippen LogP contribution in [0.15, 0.2) is 11.6 Å². The second-order valence-electron chi connectivity index (χ2n) is 18.0. The van der Waals surface area contributed by atoms with Gasteiger partial charge in [-0.2, -0.15) is 0 Å². The molecule has 13 atom stereocenters. The number of unbranched alkanes of at least 4 members (excludes halogenated alkanes) is 5. The van der Waals surface area contributed by atoms with E-state index in [0.29, 0.717) is 17.8 Å². The lowest BCUT2D eigenvalue weighted by atomic mass is 9.47. The van der Waals surface area contributed by atoms with Gasteiger partial charge in [-0.1, -0.05) is 105 Å². The monoisotopic (exact) mass is 689 g/mol. The van der Waals surface area contributed by atoms with Crippen molar-refractivity contribution in [2.24, 2.45) is 46.3 Å². The molecule has 0 aromatic carbocycles. The highest BCUT2D eigenvalue weighted by molar-refractivity contribution is 5.69. The van der Waals surface area contributed by atoms with Crippen molar-refractivity contribution in [1.29, 1.82) is 0 Å². The summed E-state index contributed by atoms with van der Waals surface area (Å²) in [5.41, 5.74) is 2.15. The van der Waals surface area contributed by atoms with Gasteiger partial charge in [-0.05, 0) is 104 Å². The van der Waals surface area contributed by atoms with E-state index in [-0.39, 0.29) is 24.1 Å². The molecule has 0 spiro atoms. The molecule has 0 radical (unpaired) electrons. The zero-order chi connectivity index (χ0) is 35.3. The molecule has 282 valence electrons. The van der Waals surface area contributed by atoms with E-state index >= 15 is 0 Å². The Hall–Kier alpha value is -0.990. The average Bonchev–Trinajstić information content (AvgIpc) is 3.43. The van der Waals surface area contributed by atoms with Gasteiger partial charge in [0.15, 0.2) is 6.29 Å². The normalized spacial score (nSPS) is 41.1. The molecular formula is C42H72O7. The summed E-state index contributed by atoms with van der Waals surface area (Å²) < 4.78 is 17.8. The van der Waals surface area contributed by atoms with Gasteiger partial charge < -0.3 is 29.5 Å². The van der Waals surface area contributed by atoms with Crippen LogP contribution in [0.25, 0.3) is 0 Å². The Kier molecular flexibility index (Phi) is 13.8. The molecule has 3 N–H and O–H groups in total. The van der Waals surface area contributed by atoms with E-state index in [9.17, 15) is 20.1 Å². The first-order valence-corrected chi connectivity index (χ1v) is 20.6. The van der Waals surface area contributed by atoms with E-state index in [4.69, 9.17) is 14.2 Å². The number of hydrogen-bond acceptors (Lipinski definition) is 7. The summed E-state index contributed by atoms with van der Waals surface area (Å²) in [7, 11) is 0. The summed E-state index contributed by atoms with van der Waals surface area (Å²) in [6.07, 6.45) is 16.5. The van der Waals surface area contributed by atoms with Crippen LogP contribution in [0.3, 0.4) is 0 Å². The largest absolute Gasteiger partial charge is 0.463 e. The Morgan fingerprint density at radius 3 is 2.41 bits per heavy atom. The number of fused-ring (bicyclic) bond motifs is 5. The summed E-state index contributed by atoms with van der Waals surface area (Å²) in [5.74, 6) is 4.45. The minimum Gasteiger partial charge on any atom is -0.463 e. The number of allylic oxidation sites excluding steroid dienone is 1. The van der Waals surface area contributed by atoms with Crippen molar-refractivity contribution < 1.29 is 34.3 Å². The SMILES string of the molecule is CCCCCCCCC(=O)OCC1OC(OC2CCC3(C)C(=CCC4C3CCC3(C)C(C(C)CCCC(C)C)CCC43)C2)C(O)C(O)C1O. The molecule has 4 aliphatic carbocycles. The average molecular weight is 689 g/mol. The molecule has 0 aromatic heterocycles. The van der Waals surface area contributed by atoms with Gasteiger partial charge in [-0.15, -0.1) is 0 Å². The number of rotatable bonds is 16. The third kappa shape index (κ3) is 8.80. The number of aliphatic hydroxyl groups is 3. The summed E-state index contributed by atoms with van der Waals surface area (Å²) in [5, 5.41) is 32.2. The molecule has 4 fully saturated rings. The van der Waals surface area contributed by atoms with E-state index in [1.54, 1.807) is 0 Å². The first-order chi connectivity index (χ1) is 23.4. The van der Waals surface area contributed by atoms with Crippen LogP contribution in [0.1, 0.15) is 157 Å². The van der Waals surface area contributed by atoms with Crippen LogP contribution in [0.2, 0.25) is 0 Å². The number of carbonyl (C=O) groups excluding carboxylic acids is 1. The van der Waals surface area contributed by atoms with Crippen molar-refractivity contribution >= 4 is 5.97 Å². The maximum atomic E-state index is 12.4. The minimum absolute atomic E-state index is 0.134. The highest BCUT2D eigenvalue weighted by Gasteiger charge is 2.59. The van der Waals surface area contributed by atoms with Crippen molar-refractivity contribution in [2.75, 3.05) is 6.61 Å². The zero-order valence-corrected chi connectivity index (χ0v) is 31.9. The number of hydrogen-bond donors (Lipinski definition) is 3. The van der Waals surface area contributed by atoms with Crippen molar-refractivity contribution in [3.05, 3.63) is 11.6 Å². The van der Waals surface area contributed by atoms with Crippen molar-refractivity contribution in [1.82, 2.24) is 0 Å². The third-order valence-corrected chi connectivity index (χ3v) is 14.4. The molecule has 5 rings (SSSR count). The standard InChI is InChI=1S/C42H72O7/c1-7-8-9-10-11-12-16-36(43)47-26-35-37(44)38(45)39(46)40(49-35)48-30-21-23-41(5)29(25-30)17-18-31-33-20-19-32(28(4)15-13-14-27(2)3)42(33,6)24-22-34(31)41/h17,27-28,30-35,37-40,44-46H,7-16,18-26H2,1-6H3. The highest BCUT2D eigenvalue weighted by Crippen LogP contribution is 2.67. The smallest absolute Gasteiger partial charge is 0.305 e. The summed E-state index contributed by atoms with van der Waals surface area (Å²) in [6.45, 7) is 14.4. The number of esters is 1. The molecule has 0 aromatic rings. The summed E-state index contributed by atoms with van der Waals surface area (Å²) in [4.78, 5) is 12.4. The van der Waals surface area contributed by atoms with Gasteiger partial charge in [0.2, 0.25) is 0 Å². The lowest BCUT2D eigenvalue weighted by molar-refractivity contribution is -0.313. The van der Waals surface area contributed by atoms with Gasteiger partial charge in [0.25, 0.3) is 0 Å². The molecule has 5 aliphatic rings. The fourth-order valence-electron chi connectivity index (χ4n) is 11.4. The van der Waals surface area contributed by atoms with Gasteiger partial charge in [0, 0.05) is 6.42 Å². The number of carbonyl (C=O) groups is 1. The first kappa shape index (κ1) is 39.2. The Labute approximate surface area is 298 Å². The quantitative estimate of drug-likeness (QED) is 0.0848. The molecule has 7 heteroatoms. The zero-order valence-electron chi connectivity index (χ0n) is 31.9. The number of ether oxygens (including phenoxy) is 3. The van der Waals surface area contributed by atoms with Crippen molar-refractivity contribution in [2.45, 2.75) is 194 Å². The van der Waals surface area contributed by atoms with E-state index in [2.05, 4.69) is 47.6 Å². The summed E-state index contributed by atoms with van der Waals surface area (Å²) >= 11 is 0. The molecule has 1 heterocycles. The Balaban J connectivity index is 1.14. The summed E-state index contributed by atoms with van der Waals surface area (Å²) in [6, 6.07) is 0. The lowest BCUT2D eigenvalue weighted by Crippen LogP contribution is -2.60. The molecule has 1 saturated heterocycles. The fourth-order valence-corrected chi connectivity index (χ4v) is 11.4. The maximum absolute atomic E-state index is 12.4. The van der Waals surface area contributed by atoms with E-state index < -0.39 is 30.7 Å². The van der Waals surface area contributed by atoms with Gasteiger partial charge in [0.05, 0.1) is 6.10 Å². The molecule has 0 amide bonds. The molecule has 49 heavy (non-hydrogen) atoms. The Morgan fingerprint density at radius 1 is 0.898 bits per heavy atom. The Bertz CT molecular complexity index is 1090. The third-order valence-electron chi connectivity index (χ3n) is 14.4. The predicted octanol–water partition coefficient (Wildman–Crippen LogP) is 8.51. The minimum atomic E-state index is -1.44. The van der Waals surface area contributed by atoms with Crippen LogP contribution >= 0.6 is 0 Å². The van der Waals surface area contributed by atoms with Crippen LogP contribution < -0.4 is 0 Å². The second kappa shape index (κ2) is 17.2. The molecule has 13 unspecified atom stereocenters. The van der Waals surface area contributed by atoms with Gasteiger partial charge in [-0.3, -0.25) is 4.79 Å². The van der Waals surface area contributed by atoms with Crippen LogP contribution in [-0.2, 0) is 19.0 Å². The number of aliphatic hydroxyl groups excluding tert-OH is 3. The second-order valence-corrected chi connectivity index (χ2v) is 18.0. The van der Waals surface area contributed by atoms with Crippen LogP contribution in [0.4, 0.5) is 0 Å². The topological polar surface area (TPSA) is 105 Å². The van der Waals surface area contributed by atoms with Gasteiger partial charge in [-0.25, -0.2) is 0 Å².